The van der Waals surface area contributed by atoms with E-state index >= 15 is 0 Å². The molecule has 0 unspecified atom stereocenters. The third-order valence-corrected chi connectivity index (χ3v) is 4.58. The normalized spacial score (nSPS) is 11.7. The van der Waals surface area contributed by atoms with Crippen LogP contribution in [0.2, 0.25) is 0 Å². The Morgan fingerprint density at radius 3 is 2.76 bits per heavy atom. The van der Waals surface area contributed by atoms with E-state index in [-0.39, 0.29) is 17.3 Å². The average Bonchev–Trinajstić information content (AvgIpc) is 2.87. The van der Waals surface area contributed by atoms with E-state index < -0.39 is 10.0 Å². The number of aryl methyl sites for hydroxylation is 2. The molecule has 8 heteroatoms. The SMILES string of the molecule is CCc1cccnc1CNS(=O)(=O)c1cn(CC)nc1N. The Hall–Kier alpha value is -1.93. The van der Waals surface area contributed by atoms with Gasteiger partial charge >= 0.3 is 0 Å². The van der Waals surface area contributed by atoms with Crippen LogP contribution in [0.1, 0.15) is 25.1 Å². The molecule has 0 fully saturated rings. The summed E-state index contributed by atoms with van der Waals surface area (Å²) in [5.41, 5.74) is 7.39. The number of nitrogens with zero attached hydrogens (tertiary/aromatic N) is 3. The van der Waals surface area contributed by atoms with Crippen molar-refractivity contribution in [2.45, 2.75) is 38.3 Å². The standard InChI is InChI=1S/C13H19N5O2S/c1-3-10-6-5-7-15-11(10)8-16-21(19,20)12-9-18(4-2)17-13(12)14/h5-7,9,16H,3-4,8H2,1-2H3,(H2,14,17). The lowest BCUT2D eigenvalue weighted by atomic mass is 10.1. The summed E-state index contributed by atoms with van der Waals surface area (Å²) in [6.45, 7) is 4.54. The van der Waals surface area contributed by atoms with Gasteiger partial charge in [-0.25, -0.2) is 13.1 Å². The number of nitrogens with two attached hydrogens (primary N) is 1. The zero-order valence-corrected chi connectivity index (χ0v) is 12.9. The van der Waals surface area contributed by atoms with E-state index in [4.69, 9.17) is 5.73 Å². The van der Waals surface area contributed by atoms with Crippen LogP contribution in [0.25, 0.3) is 0 Å². The van der Waals surface area contributed by atoms with E-state index in [1.54, 1.807) is 6.20 Å². The van der Waals surface area contributed by atoms with Gasteiger partial charge in [-0.05, 0) is 25.0 Å². The van der Waals surface area contributed by atoms with Crippen LogP contribution < -0.4 is 10.5 Å². The highest BCUT2D eigenvalue weighted by molar-refractivity contribution is 7.89. The fourth-order valence-corrected chi connectivity index (χ4v) is 3.04. The van der Waals surface area contributed by atoms with Gasteiger partial charge in [-0.15, -0.1) is 0 Å². The van der Waals surface area contributed by atoms with Crippen molar-refractivity contribution in [3.63, 3.8) is 0 Å². The van der Waals surface area contributed by atoms with Crippen molar-refractivity contribution in [1.29, 1.82) is 0 Å². The third kappa shape index (κ3) is 3.40. The van der Waals surface area contributed by atoms with Crippen LogP contribution in [0.4, 0.5) is 5.82 Å². The molecule has 7 nitrogen and oxygen atoms in total. The van der Waals surface area contributed by atoms with Gasteiger partial charge < -0.3 is 5.73 Å². The van der Waals surface area contributed by atoms with Crippen molar-refractivity contribution in [3.8, 4) is 0 Å². The zero-order valence-electron chi connectivity index (χ0n) is 12.1. The van der Waals surface area contributed by atoms with Crippen LogP contribution in [0.15, 0.2) is 29.4 Å². The summed E-state index contributed by atoms with van der Waals surface area (Å²) >= 11 is 0. The van der Waals surface area contributed by atoms with Gasteiger partial charge in [0.05, 0.1) is 12.2 Å². The zero-order chi connectivity index (χ0) is 15.5. The highest BCUT2D eigenvalue weighted by atomic mass is 32.2. The molecule has 3 N–H and O–H groups in total. The Morgan fingerprint density at radius 2 is 2.14 bits per heavy atom. The number of nitrogens with one attached hydrogen (secondary N) is 1. The van der Waals surface area contributed by atoms with Crippen molar-refractivity contribution in [2.75, 3.05) is 5.73 Å². The molecule has 114 valence electrons. The molecule has 0 amide bonds. The number of hydrogen-bond donors (Lipinski definition) is 2. The van der Waals surface area contributed by atoms with Crippen molar-refractivity contribution < 1.29 is 8.42 Å². The Labute approximate surface area is 124 Å². The molecule has 0 spiro atoms. The molecule has 0 aromatic carbocycles. The van der Waals surface area contributed by atoms with Gasteiger partial charge in [0.25, 0.3) is 0 Å². The quantitative estimate of drug-likeness (QED) is 0.826. The van der Waals surface area contributed by atoms with Gasteiger partial charge in [0, 0.05) is 18.9 Å². The maximum Gasteiger partial charge on any atom is 0.246 e. The maximum absolute atomic E-state index is 12.3. The van der Waals surface area contributed by atoms with Gasteiger partial charge in [0.1, 0.15) is 4.90 Å². The van der Waals surface area contributed by atoms with Crippen LogP contribution in [-0.4, -0.2) is 23.2 Å². The van der Waals surface area contributed by atoms with E-state index in [0.29, 0.717) is 12.2 Å². The van der Waals surface area contributed by atoms with Gasteiger partial charge in [0.2, 0.25) is 10.0 Å². The van der Waals surface area contributed by atoms with Gasteiger partial charge in [0.15, 0.2) is 5.82 Å². The van der Waals surface area contributed by atoms with E-state index in [2.05, 4.69) is 14.8 Å². The molecule has 0 saturated heterocycles. The minimum absolute atomic E-state index is 0.00101. The number of nitrogen functional groups attached to an aromatic ring is 1. The van der Waals surface area contributed by atoms with Crippen LogP contribution in [0.3, 0.4) is 0 Å². The molecule has 0 atom stereocenters. The van der Waals surface area contributed by atoms with E-state index in [9.17, 15) is 8.42 Å². The van der Waals surface area contributed by atoms with Crippen molar-refractivity contribution >= 4 is 15.8 Å². The first-order valence-electron chi connectivity index (χ1n) is 6.73. The fourth-order valence-electron chi connectivity index (χ4n) is 1.98. The molecule has 2 heterocycles. The molecule has 0 aliphatic heterocycles. The number of hydrogen-bond acceptors (Lipinski definition) is 5. The highest BCUT2D eigenvalue weighted by Crippen LogP contribution is 2.16. The lowest BCUT2D eigenvalue weighted by Gasteiger charge is -2.08. The second-order valence-corrected chi connectivity index (χ2v) is 6.26. The molecule has 21 heavy (non-hydrogen) atoms. The monoisotopic (exact) mass is 309 g/mol. The number of sulfonamides is 1. The molecular weight excluding hydrogens is 290 g/mol. The number of rotatable bonds is 6. The molecule has 2 rings (SSSR count). The molecule has 2 aromatic heterocycles. The van der Waals surface area contributed by atoms with E-state index in [1.807, 2.05) is 26.0 Å². The van der Waals surface area contributed by atoms with Gasteiger partial charge in [-0.1, -0.05) is 13.0 Å². The van der Waals surface area contributed by atoms with E-state index in [0.717, 1.165) is 12.0 Å². The Bertz CT molecular complexity index is 724. The molecule has 0 bridgehead atoms. The van der Waals surface area contributed by atoms with Crippen LogP contribution in [0.5, 0.6) is 0 Å². The first kappa shape index (κ1) is 15.5. The predicted octanol–water partition coefficient (Wildman–Crippen LogP) is 0.921. The Kier molecular flexibility index (Phi) is 4.59. The maximum atomic E-state index is 12.3. The van der Waals surface area contributed by atoms with Gasteiger partial charge in [-0.2, -0.15) is 5.10 Å². The summed E-state index contributed by atoms with van der Waals surface area (Å²) in [4.78, 5) is 4.21. The molecule has 0 saturated carbocycles. The minimum atomic E-state index is -3.70. The van der Waals surface area contributed by atoms with Gasteiger partial charge in [-0.3, -0.25) is 9.67 Å². The summed E-state index contributed by atoms with van der Waals surface area (Å²) in [7, 11) is -3.70. The number of pyridine rings is 1. The van der Waals surface area contributed by atoms with Crippen LogP contribution >= 0.6 is 0 Å². The predicted molar refractivity (Wildman–Crippen MR) is 80.0 cm³/mol. The Balaban J connectivity index is 2.20. The molecule has 0 aliphatic rings. The lowest BCUT2D eigenvalue weighted by molar-refractivity contribution is 0.580. The molecule has 0 radical (unpaired) electrons. The second kappa shape index (κ2) is 6.23. The van der Waals surface area contributed by atoms with Crippen LogP contribution in [-0.2, 0) is 29.5 Å². The van der Waals surface area contributed by atoms with Crippen molar-refractivity contribution in [3.05, 3.63) is 35.8 Å². The smallest absolute Gasteiger partial charge is 0.246 e. The molecular formula is C13H19N5O2S. The highest BCUT2D eigenvalue weighted by Gasteiger charge is 2.21. The van der Waals surface area contributed by atoms with Crippen molar-refractivity contribution in [1.82, 2.24) is 19.5 Å². The first-order valence-corrected chi connectivity index (χ1v) is 8.21. The van der Waals surface area contributed by atoms with Crippen LogP contribution in [0, 0.1) is 0 Å². The topological polar surface area (TPSA) is 103 Å². The van der Waals surface area contributed by atoms with E-state index in [1.165, 1.54) is 10.9 Å². The summed E-state index contributed by atoms with van der Waals surface area (Å²) in [5, 5.41) is 3.94. The fraction of sp³-hybridized carbons (Fsp3) is 0.385. The largest absolute Gasteiger partial charge is 0.381 e. The molecule has 2 aromatic rings. The minimum Gasteiger partial charge on any atom is -0.381 e. The summed E-state index contributed by atoms with van der Waals surface area (Å²) < 4.78 is 28.6. The summed E-state index contributed by atoms with van der Waals surface area (Å²) in [5.74, 6) is 0.00101. The molecule has 0 aliphatic carbocycles. The summed E-state index contributed by atoms with van der Waals surface area (Å²) in [6.07, 6.45) is 3.86. The average molecular weight is 309 g/mol. The van der Waals surface area contributed by atoms with Crippen molar-refractivity contribution in [2.24, 2.45) is 0 Å². The third-order valence-electron chi connectivity index (χ3n) is 3.16. The number of anilines is 1. The second-order valence-electron chi connectivity index (χ2n) is 4.52. The summed E-state index contributed by atoms with van der Waals surface area (Å²) in [6, 6.07) is 3.76. The first-order chi connectivity index (χ1) is 9.97. The lowest BCUT2D eigenvalue weighted by Crippen LogP contribution is -2.24. The number of aromatic nitrogens is 3. The Morgan fingerprint density at radius 1 is 1.38 bits per heavy atom.